The van der Waals surface area contributed by atoms with Crippen LogP contribution in [-0.4, -0.2) is 28.8 Å². The number of carbonyl (C=O) groups is 1. The molecule has 0 saturated heterocycles. The van der Waals surface area contributed by atoms with Gasteiger partial charge in [0.1, 0.15) is 0 Å². The Hall–Kier alpha value is -2.71. The number of nitrogens with zero attached hydrogens (tertiary/aromatic N) is 3. The van der Waals surface area contributed by atoms with Crippen LogP contribution in [0.15, 0.2) is 51.5 Å². The van der Waals surface area contributed by atoms with Gasteiger partial charge in [-0.1, -0.05) is 23.5 Å². The second-order valence-corrected chi connectivity index (χ2v) is 7.74. The van der Waals surface area contributed by atoms with E-state index in [0.717, 1.165) is 10.2 Å². The van der Waals surface area contributed by atoms with Gasteiger partial charge in [-0.3, -0.25) is 4.79 Å². The van der Waals surface area contributed by atoms with Crippen molar-refractivity contribution < 1.29 is 14.6 Å². The van der Waals surface area contributed by atoms with Gasteiger partial charge in [-0.15, -0.1) is 0 Å². The SMILES string of the molecule is COc1cc(C=C2C(=O)N(c3nc4ccccc4s3)N=C2C)cc(Br)c1O. The van der Waals surface area contributed by atoms with Crippen molar-refractivity contribution in [3.05, 3.63) is 52.0 Å². The molecule has 0 bridgehead atoms. The number of phenolic OH excluding ortho intramolecular Hbond substituents is 1. The topological polar surface area (TPSA) is 75.0 Å². The van der Waals surface area contributed by atoms with Crippen molar-refractivity contribution in [1.82, 2.24) is 4.98 Å². The van der Waals surface area contributed by atoms with Crippen LogP contribution in [0.25, 0.3) is 16.3 Å². The lowest BCUT2D eigenvalue weighted by atomic mass is 10.1. The van der Waals surface area contributed by atoms with E-state index in [2.05, 4.69) is 26.0 Å². The molecule has 8 heteroatoms. The Bertz CT molecular complexity index is 1100. The first-order valence-corrected chi connectivity index (χ1v) is 9.62. The Kier molecular flexibility index (Phi) is 4.45. The number of thiazole rings is 1. The molecular formula is C19H14BrN3O3S. The Labute approximate surface area is 167 Å². The highest BCUT2D eigenvalue weighted by atomic mass is 79.9. The molecule has 1 N–H and O–H groups in total. The summed E-state index contributed by atoms with van der Waals surface area (Å²) in [7, 11) is 1.47. The van der Waals surface area contributed by atoms with Gasteiger partial charge in [-0.25, -0.2) is 4.98 Å². The first-order valence-electron chi connectivity index (χ1n) is 8.01. The maximum atomic E-state index is 12.9. The Morgan fingerprint density at radius 1 is 1.30 bits per heavy atom. The van der Waals surface area contributed by atoms with E-state index in [1.165, 1.54) is 23.5 Å². The molecule has 0 unspecified atom stereocenters. The number of fused-ring (bicyclic) bond motifs is 1. The van der Waals surface area contributed by atoms with Crippen molar-refractivity contribution in [3.63, 3.8) is 0 Å². The number of para-hydroxylation sites is 1. The Balaban J connectivity index is 1.72. The molecule has 6 nitrogen and oxygen atoms in total. The zero-order chi connectivity index (χ0) is 19.1. The molecule has 136 valence electrons. The summed E-state index contributed by atoms with van der Waals surface area (Å²) in [6, 6.07) is 11.1. The number of ether oxygens (including phenoxy) is 1. The van der Waals surface area contributed by atoms with Gasteiger partial charge in [-0.05, 0) is 58.8 Å². The quantitative estimate of drug-likeness (QED) is 0.601. The number of carbonyl (C=O) groups excluding carboxylic acids is 1. The van der Waals surface area contributed by atoms with Crippen LogP contribution in [0.5, 0.6) is 11.5 Å². The Morgan fingerprint density at radius 2 is 2.07 bits per heavy atom. The lowest BCUT2D eigenvalue weighted by Gasteiger charge is -2.08. The molecule has 27 heavy (non-hydrogen) atoms. The minimum absolute atomic E-state index is 0.0129. The van der Waals surface area contributed by atoms with Crippen LogP contribution in [0.4, 0.5) is 5.13 Å². The van der Waals surface area contributed by atoms with E-state index in [4.69, 9.17) is 4.74 Å². The highest BCUT2D eigenvalue weighted by Crippen LogP contribution is 2.37. The van der Waals surface area contributed by atoms with Gasteiger partial charge in [0.05, 0.1) is 33.1 Å². The zero-order valence-corrected chi connectivity index (χ0v) is 16.8. The minimum Gasteiger partial charge on any atom is -0.503 e. The van der Waals surface area contributed by atoms with E-state index in [0.29, 0.717) is 32.2 Å². The predicted octanol–water partition coefficient (Wildman–Crippen LogP) is 4.58. The van der Waals surface area contributed by atoms with Gasteiger partial charge in [0.25, 0.3) is 5.91 Å². The number of hydrogen-bond acceptors (Lipinski definition) is 6. The van der Waals surface area contributed by atoms with Crippen molar-refractivity contribution in [3.8, 4) is 11.5 Å². The number of anilines is 1. The average Bonchev–Trinajstić information content (AvgIpc) is 3.20. The van der Waals surface area contributed by atoms with E-state index in [1.54, 1.807) is 25.1 Å². The number of hydrazone groups is 1. The average molecular weight is 444 g/mol. The summed E-state index contributed by atoms with van der Waals surface area (Å²) < 4.78 is 6.65. The van der Waals surface area contributed by atoms with Crippen molar-refractivity contribution >= 4 is 60.3 Å². The van der Waals surface area contributed by atoms with Gasteiger partial charge in [0.2, 0.25) is 5.13 Å². The van der Waals surface area contributed by atoms with Gasteiger partial charge in [-0.2, -0.15) is 10.1 Å². The molecule has 0 saturated carbocycles. The maximum absolute atomic E-state index is 12.9. The zero-order valence-electron chi connectivity index (χ0n) is 14.4. The monoisotopic (exact) mass is 443 g/mol. The third-order valence-corrected chi connectivity index (χ3v) is 5.72. The third-order valence-electron chi connectivity index (χ3n) is 4.11. The fourth-order valence-electron chi connectivity index (χ4n) is 2.76. The van der Waals surface area contributed by atoms with Crippen LogP contribution in [0, 0.1) is 0 Å². The first kappa shape index (κ1) is 17.7. The van der Waals surface area contributed by atoms with E-state index in [1.807, 2.05) is 24.3 Å². The van der Waals surface area contributed by atoms with Gasteiger partial charge < -0.3 is 9.84 Å². The van der Waals surface area contributed by atoms with Crippen molar-refractivity contribution in [2.24, 2.45) is 5.10 Å². The van der Waals surface area contributed by atoms with Gasteiger partial charge >= 0.3 is 0 Å². The molecule has 0 radical (unpaired) electrons. The largest absolute Gasteiger partial charge is 0.503 e. The van der Waals surface area contributed by atoms with Crippen LogP contribution < -0.4 is 9.75 Å². The number of benzene rings is 2. The molecule has 4 rings (SSSR count). The molecule has 0 atom stereocenters. The molecule has 2 aromatic carbocycles. The number of rotatable bonds is 3. The van der Waals surface area contributed by atoms with Crippen LogP contribution in [-0.2, 0) is 4.79 Å². The first-order chi connectivity index (χ1) is 13.0. The lowest BCUT2D eigenvalue weighted by molar-refractivity contribution is -0.114. The summed E-state index contributed by atoms with van der Waals surface area (Å²) in [6.07, 6.45) is 1.72. The van der Waals surface area contributed by atoms with Gasteiger partial charge in [0.15, 0.2) is 11.5 Å². The summed E-state index contributed by atoms with van der Waals surface area (Å²) in [5, 5.41) is 16.2. The molecular weight excluding hydrogens is 430 g/mol. The summed E-state index contributed by atoms with van der Waals surface area (Å²) in [6.45, 7) is 1.78. The van der Waals surface area contributed by atoms with E-state index in [-0.39, 0.29) is 11.7 Å². The number of phenols is 1. The number of aromatic hydroxyl groups is 1. The number of aromatic nitrogens is 1. The maximum Gasteiger partial charge on any atom is 0.282 e. The second kappa shape index (κ2) is 6.79. The predicted molar refractivity (Wildman–Crippen MR) is 111 cm³/mol. The fraction of sp³-hybridized carbons (Fsp3) is 0.105. The second-order valence-electron chi connectivity index (χ2n) is 5.88. The van der Waals surface area contributed by atoms with Crippen LogP contribution in [0.1, 0.15) is 12.5 Å². The number of amides is 1. The lowest BCUT2D eigenvalue weighted by Crippen LogP contribution is -2.21. The van der Waals surface area contributed by atoms with Crippen LogP contribution in [0.3, 0.4) is 0 Å². The van der Waals surface area contributed by atoms with E-state index in [9.17, 15) is 9.90 Å². The highest BCUT2D eigenvalue weighted by molar-refractivity contribution is 9.10. The summed E-state index contributed by atoms with van der Waals surface area (Å²) in [5.74, 6) is 0.0906. The normalized spacial score (nSPS) is 15.7. The molecule has 2 heterocycles. The fourth-order valence-corrected chi connectivity index (χ4v) is 4.14. The van der Waals surface area contributed by atoms with Crippen molar-refractivity contribution in [2.45, 2.75) is 6.92 Å². The minimum atomic E-state index is -0.241. The molecule has 1 amide bonds. The molecule has 0 aliphatic carbocycles. The summed E-state index contributed by atoms with van der Waals surface area (Å²) in [4.78, 5) is 17.4. The molecule has 1 aliphatic heterocycles. The molecule has 1 aromatic heterocycles. The summed E-state index contributed by atoms with van der Waals surface area (Å²) >= 11 is 4.71. The number of halogens is 1. The molecule has 0 fully saturated rings. The summed E-state index contributed by atoms with van der Waals surface area (Å²) in [5.41, 5.74) is 2.61. The third kappa shape index (κ3) is 3.11. The number of methoxy groups -OCH3 is 1. The van der Waals surface area contributed by atoms with Crippen molar-refractivity contribution in [1.29, 1.82) is 0 Å². The number of hydrogen-bond donors (Lipinski definition) is 1. The molecule has 3 aromatic rings. The Morgan fingerprint density at radius 3 is 2.81 bits per heavy atom. The highest BCUT2D eigenvalue weighted by Gasteiger charge is 2.31. The molecule has 0 spiro atoms. The van der Waals surface area contributed by atoms with E-state index < -0.39 is 0 Å². The van der Waals surface area contributed by atoms with Crippen molar-refractivity contribution in [2.75, 3.05) is 12.1 Å². The smallest absolute Gasteiger partial charge is 0.282 e. The van der Waals surface area contributed by atoms with Gasteiger partial charge in [0, 0.05) is 0 Å². The van der Waals surface area contributed by atoms with Crippen LogP contribution >= 0.6 is 27.3 Å². The van der Waals surface area contributed by atoms with E-state index >= 15 is 0 Å². The standard InChI is InChI=1S/C19H14BrN3O3S/c1-10-12(7-11-8-13(20)17(24)15(9-11)26-2)18(25)23(22-10)19-21-14-5-3-4-6-16(14)27-19/h3-9,24H,1-2H3. The van der Waals surface area contributed by atoms with Crippen LogP contribution in [0.2, 0.25) is 0 Å². The molecule has 1 aliphatic rings.